The van der Waals surface area contributed by atoms with Gasteiger partial charge in [-0.05, 0) is 24.6 Å². The summed E-state index contributed by atoms with van der Waals surface area (Å²) in [4.78, 5) is 26.1. The Hall–Kier alpha value is -1.95. The number of fused-ring (bicyclic) bond motifs is 1. The Morgan fingerprint density at radius 3 is 2.89 bits per heavy atom. The highest BCUT2D eigenvalue weighted by Crippen LogP contribution is 2.26. The largest absolute Gasteiger partial charge is 0.481 e. The van der Waals surface area contributed by atoms with E-state index in [-0.39, 0.29) is 18.7 Å². The summed E-state index contributed by atoms with van der Waals surface area (Å²) >= 11 is 1.38. The fraction of sp³-hybridized carbons (Fsp3) is 0.250. The monoisotopic (exact) mass is 264 g/mol. The summed E-state index contributed by atoms with van der Waals surface area (Å²) in [5.74, 6) is -1.31. The Kier molecular flexibility index (Phi) is 3.57. The molecule has 1 amide bonds. The van der Waals surface area contributed by atoms with E-state index < -0.39 is 5.97 Å². The first-order valence-electron chi connectivity index (χ1n) is 5.43. The van der Waals surface area contributed by atoms with E-state index in [0.717, 1.165) is 15.8 Å². The van der Waals surface area contributed by atoms with Crippen molar-refractivity contribution >= 4 is 38.6 Å². The zero-order valence-electron chi connectivity index (χ0n) is 9.77. The molecule has 2 aromatic rings. The highest BCUT2D eigenvalue weighted by atomic mass is 32.1. The van der Waals surface area contributed by atoms with Crippen LogP contribution in [0.25, 0.3) is 10.2 Å². The number of carboxylic acid groups (broad SMARTS) is 1. The van der Waals surface area contributed by atoms with Crippen molar-refractivity contribution in [1.29, 1.82) is 0 Å². The Bertz CT molecular complexity index is 606. The molecule has 0 atom stereocenters. The maximum atomic E-state index is 11.5. The lowest BCUT2D eigenvalue weighted by molar-refractivity contribution is -0.138. The van der Waals surface area contributed by atoms with Gasteiger partial charge >= 0.3 is 5.97 Å². The van der Waals surface area contributed by atoms with Crippen LogP contribution in [0.2, 0.25) is 0 Å². The molecule has 1 aromatic carbocycles. The van der Waals surface area contributed by atoms with Crippen LogP contribution in [0, 0.1) is 6.92 Å². The van der Waals surface area contributed by atoms with E-state index in [2.05, 4.69) is 10.3 Å². The standard InChI is InChI=1S/C12H12N2O3S/c1-7-2-3-8-9(6-7)18-12(13-8)14-10(15)4-5-11(16)17/h2-3,6H,4-5H2,1H3,(H,16,17)(H,13,14,15). The first-order chi connectivity index (χ1) is 8.54. The highest BCUT2D eigenvalue weighted by molar-refractivity contribution is 7.22. The summed E-state index contributed by atoms with van der Waals surface area (Å²) < 4.78 is 1.00. The molecule has 0 aliphatic heterocycles. The van der Waals surface area contributed by atoms with Crippen LogP contribution in [-0.4, -0.2) is 22.0 Å². The molecule has 1 heterocycles. The molecule has 0 saturated carbocycles. The van der Waals surface area contributed by atoms with E-state index >= 15 is 0 Å². The van der Waals surface area contributed by atoms with Crippen molar-refractivity contribution < 1.29 is 14.7 Å². The van der Waals surface area contributed by atoms with E-state index in [4.69, 9.17) is 5.11 Å². The summed E-state index contributed by atoms with van der Waals surface area (Å²) in [6.07, 6.45) is -0.208. The van der Waals surface area contributed by atoms with Gasteiger partial charge in [-0.2, -0.15) is 0 Å². The molecule has 2 rings (SSSR count). The maximum absolute atomic E-state index is 11.5. The number of aromatic nitrogens is 1. The van der Waals surface area contributed by atoms with Crippen LogP contribution in [0.15, 0.2) is 18.2 Å². The number of aliphatic carboxylic acids is 1. The second kappa shape index (κ2) is 5.14. The van der Waals surface area contributed by atoms with Gasteiger partial charge in [0.1, 0.15) is 0 Å². The van der Waals surface area contributed by atoms with Gasteiger partial charge in [-0.3, -0.25) is 9.59 Å². The Labute approximate surface area is 107 Å². The number of nitrogens with one attached hydrogen (secondary N) is 1. The predicted molar refractivity (Wildman–Crippen MR) is 69.9 cm³/mol. The average molecular weight is 264 g/mol. The molecule has 0 bridgehead atoms. The molecule has 0 radical (unpaired) electrons. The van der Waals surface area contributed by atoms with Crippen molar-refractivity contribution in [3.63, 3.8) is 0 Å². The van der Waals surface area contributed by atoms with Gasteiger partial charge in [0.25, 0.3) is 0 Å². The molecule has 5 nitrogen and oxygen atoms in total. The molecule has 94 valence electrons. The van der Waals surface area contributed by atoms with Crippen LogP contribution in [0.4, 0.5) is 5.13 Å². The lowest BCUT2D eigenvalue weighted by atomic mass is 10.2. The number of carbonyl (C=O) groups is 2. The summed E-state index contributed by atoms with van der Waals surface area (Å²) in [6.45, 7) is 1.99. The van der Waals surface area contributed by atoms with Crippen LogP contribution in [0.3, 0.4) is 0 Å². The normalized spacial score (nSPS) is 10.5. The molecular weight excluding hydrogens is 252 g/mol. The van der Waals surface area contributed by atoms with Crippen LogP contribution >= 0.6 is 11.3 Å². The lowest BCUT2D eigenvalue weighted by Crippen LogP contribution is -2.12. The third-order valence-corrected chi connectivity index (χ3v) is 3.29. The minimum absolute atomic E-state index is 0.0374. The number of anilines is 1. The van der Waals surface area contributed by atoms with Gasteiger partial charge in [-0.1, -0.05) is 17.4 Å². The van der Waals surface area contributed by atoms with E-state index in [0.29, 0.717) is 5.13 Å². The van der Waals surface area contributed by atoms with Gasteiger partial charge < -0.3 is 10.4 Å². The average Bonchev–Trinajstić information content (AvgIpc) is 2.67. The maximum Gasteiger partial charge on any atom is 0.303 e. The third kappa shape index (κ3) is 3.04. The second-order valence-corrected chi connectivity index (χ2v) is 4.96. The topological polar surface area (TPSA) is 79.3 Å². The zero-order chi connectivity index (χ0) is 13.1. The smallest absolute Gasteiger partial charge is 0.303 e. The summed E-state index contributed by atoms with van der Waals surface area (Å²) in [5.41, 5.74) is 1.97. The number of benzene rings is 1. The predicted octanol–water partition coefficient (Wildman–Crippen LogP) is 2.41. The SMILES string of the molecule is Cc1ccc2nc(NC(=O)CCC(=O)O)sc2c1. The minimum Gasteiger partial charge on any atom is -0.481 e. The lowest BCUT2D eigenvalue weighted by Gasteiger charge is -1.98. The Morgan fingerprint density at radius 1 is 1.39 bits per heavy atom. The highest BCUT2D eigenvalue weighted by Gasteiger charge is 2.09. The summed E-state index contributed by atoms with van der Waals surface area (Å²) in [6, 6.07) is 5.85. The van der Waals surface area contributed by atoms with Crippen molar-refractivity contribution in [2.75, 3.05) is 5.32 Å². The number of carbonyl (C=O) groups excluding carboxylic acids is 1. The summed E-state index contributed by atoms with van der Waals surface area (Å²) in [7, 11) is 0. The molecule has 0 spiro atoms. The number of hydrogen-bond donors (Lipinski definition) is 2. The van der Waals surface area contributed by atoms with E-state index in [1.165, 1.54) is 11.3 Å². The first-order valence-corrected chi connectivity index (χ1v) is 6.25. The van der Waals surface area contributed by atoms with Crippen LogP contribution in [-0.2, 0) is 9.59 Å². The van der Waals surface area contributed by atoms with Gasteiger partial charge in [-0.15, -0.1) is 0 Å². The molecule has 18 heavy (non-hydrogen) atoms. The molecular formula is C12H12N2O3S. The summed E-state index contributed by atoms with van der Waals surface area (Å²) in [5, 5.41) is 11.6. The van der Waals surface area contributed by atoms with Gasteiger partial charge in [0.15, 0.2) is 5.13 Å². The number of amides is 1. The second-order valence-electron chi connectivity index (χ2n) is 3.93. The fourth-order valence-corrected chi connectivity index (χ4v) is 2.47. The number of nitrogens with zero attached hydrogens (tertiary/aromatic N) is 1. The van der Waals surface area contributed by atoms with Gasteiger partial charge in [-0.25, -0.2) is 4.98 Å². The van der Waals surface area contributed by atoms with Crippen molar-refractivity contribution in [2.24, 2.45) is 0 Å². The number of thiazole rings is 1. The zero-order valence-corrected chi connectivity index (χ0v) is 10.6. The number of rotatable bonds is 4. The van der Waals surface area contributed by atoms with E-state index in [1.807, 2.05) is 25.1 Å². The minimum atomic E-state index is -0.981. The number of hydrogen-bond acceptors (Lipinski definition) is 4. The molecule has 1 aromatic heterocycles. The third-order valence-electron chi connectivity index (χ3n) is 2.36. The Morgan fingerprint density at radius 2 is 2.17 bits per heavy atom. The van der Waals surface area contributed by atoms with E-state index in [1.54, 1.807) is 0 Å². The quantitative estimate of drug-likeness (QED) is 0.888. The van der Waals surface area contributed by atoms with Crippen LogP contribution in [0.1, 0.15) is 18.4 Å². The van der Waals surface area contributed by atoms with Crippen molar-refractivity contribution in [3.05, 3.63) is 23.8 Å². The molecule has 0 aliphatic carbocycles. The Balaban J connectivity index is 2.07. The molecule has 0 saturated heterocycles. The first kappa shape index (κ1) is 12.5. The van der Waals surface area contributed by atoms with Gasteiger partial charge in [0.05, 0.1) is 16.6 Å². The van der Waals surface area contributed by atoms with Gasteiger partial charge in [0.2, 0.25) is 5.91 Å². The van der Waals surface area contributed by atoms with E-state index in [9.17, 15) is 9.59 Å². The van der Waals surface area contributed by atoms with Crippen LogP contribution in [0.5, 0.6) is 0 Å². The molecule has 0 aliphatic rings. The fourth-order valence-electron chi connectivity index (χ4n) is 1.49. The molecule has 0 unspecified atom stereocenters. The number of aryl methyl sites for hydroxylation is 1. The molecule has 2 N–H and O–H groups in total. The number of carboxylic acids is 1. The van der Waals surface area contributed by atoms with Crippen molar-refractivity contribution in [3.8, 4) is 0 Å². The van der Waals surface area contributed by atoms with Crippen molar-refractivity contribution in [2.45, 2.75) is 19.8 Å². The molecule has 0 fully saturated rings. The molecule has 6 heteroatoms. The van der Waals surface area contributed by atoms with Crippen molar-refractivity contribution in [1.82, 2.24) is 4.98 Å². The van der Waals surface area contributed by atoms with Crippen LogP contribution < -0.4 is 5.32 Å². The van der Waals surface area contributed by atoms with Gasteiger partial charge in [0, 0.05) is 6.42 Å².